The Hall–Kier alpha value is -1.56. The Bertz CT molecular complexity index is 516. The van der Waals surface area contributed by atoms with Crippen molar-refractivity contribution in [1.29, 1.82) is 0 Å². The lowest BCUT2D eigenvalue weighted by Crippen LogP contribution is -2.50. The molecular formula is C12H14BrN3O2. The topological polar surface area (TPSA) is 75.4 Å². The largest absolute Gasteiger partial charge is 0.398 e. The van der Waals surface area contributed by atoms with Crippen LogP contribution in [0.3, 0.4) is 0 Å². The molecule has 2 amide bonds. The maximum atomic E-state index is 12.3. The zero-order chi connectivity index (χ0) is 13.3. The van der Waals surface area contributed by atoms with Crippen molar-refractivity contribution in [3.05, 3.63) is 27.7 Å². The van der Waals surface area contributed by atoms with E-state index in [2.05, 4.69) is 21.2 Å². The van der Waals surface area contributed by atoms with E-state index < -0.39 is 0 Å². The molecule has 1 aromatic rings. The number of amides is 2. The second kappa shape index (κ2) is 4.97. The van der Waals surface area contributed by atoms with Crippen LogP contribution in [-0.4, -0.2) is 36.3 Å². The molecule has 0 saturated carbocycles. The van der Waals surface area contributed by atoms with Gasteiger partial charge in [-0.15, -0.1) is 0 Å². The number of nitrogens with one attached hydrogen (secondary N) is 1. The number of anilines is 1. The van der Waals surface area contributed by atoms with E-state index in [4.69, 9.17) is 5.73 Å². The highest BCUT2D eigenvalue weighted by atomic mass is 79.9. The van der Waals surface area contributed by atoms with Crippen LogP contribution in [0.5, 0.6) is 0 Å². The molecule has 3 N–H and O–H groups in total. The summed E-state index contributed by atoms with van der Waals surface area (Å²) in [7, 11) is 0. The fourth-order valence-electron chi connectivity index (χ4n) is 1.90. The fourth-order valence-corrected chi connectivity index (χ4v) is 2.38. The molecule has 0 radical (unpaired) electrons. The Kier molecular flexibility index (Phi) is 3.56. The first-order chi connectivity index (χ1) is 8.49. The van der Waals surface area contributed by atoms with Gasteiger partial charge < -0.3 is 16.0 Å². The predicted molar refractivity (Wildman–Crippen MR) is 72.2 cm³/mol. The lowest BCUT2D eigenvalue weighted by Gasteiger charge is -2.27. The standard InChI is InChI=1S/C12H14BrN3O2/c1-7-9(4-8(13)5-10(7)14)12(18)16-3-2-15-11(17)6-16/h4-5H,2-3,6,14H2,1H3,(H,15,17). The number of nitrogen functional groups attached to an aromatic ring is 1. The van der Waals surface area contributed by atoms with Gasteiger partial charge in [0.1, 0.15) is 0 Å². The Labute approximate surface area is 113 Å². The lowest BCUT2D eigenvalue weighted by molar-refractivity contribution is -0.123. The minimum absolute atomic E-state index is 0.102. The molecule has 5 nitrogen and oxygen atoms in total. The van der Waals surface area contributed by atoms with Crippen molar-refractivity contribution in [1.82, 2.24) is 10.2 Å². The van der Waals surface area contributed by atoms with Crippen LogP contribution in [0.4, 0.5) is 5.69 Å². The summed E-state index contributed by atoms with van der Waals surface area (Å²) < 4.78 is 0.760. The van der Waals surface area contributed by atoms with E-state index in [1.165, 1.54) is 4.90 Å². The molecule has 1 saturated heterocycles. The van der Waals surface area contributed by atoms with Crippen molar-refractivity contribution in [2.24, 2.45) is 0 Å². The number of benzene rings is 1. The summed E-state index contributed by atoms with van der Waals surface area (Å²) in [6.07, 6.45) is 0. The second-order valence-corrected chi connectivity index (χ2v) is 5.16. The van der Waals surface area contributed by atoms with Crippen molar-refractivity contribution in [3.8, 4) is 0 Å². The molecule has 0 spiro atoms. The minimum Gasteiger partial charge on any atom is -0.398 e. The number of piperazine rings is 1. The normalized spacial score (nSPS) is 15.4. The fraction of sp³-hybridized carbons (Fsp3) is 0.333. The maximum absolute atomic E-state index is 12.3. The number of nitrogens with two attached hydrogens (primary N) is 1. The van der Waals surface area contributed by atoms with Crippen LogP contribution in [0.25, 0.3) is 0 Å². The molecule has 96 valence electrons. The highest BCUT2D eigenvalue weighted by Crippen LogP contribution is 2.24. The molecule has 0 atom stereocenters. The molecule has 0 bridgehead atoms. The molecule has 1 aromatic carbocycles. The zero-order valence-corrected chi connectivity index (χ0v) is 11.6. The molecule has 18 heavy (non-hydrogen) atoms. The zero-order valence-electron chi connectivity index (χ0n) is 10.00. The van der Waals surface area contributed by atoms with Crippen LogP contribution in [-0.2, 0) is 4.79 Å². The molecule has 0 aliphatic carbocycles. The third kappa shape index (κ3) is 2.48. The number of rotatable bonds is 1. The first kappa shape index (κ1) is 12.9. The number of hydrogen-bond acceptors (Lipinski definition) is 3. The summed E-state index contributed by atoms with van der Waals surface area (Å²) in [5.41, 5.74) is 7.68. The van der Waals surface area contributed by atoms with Crippen LogP contribution in [0.1, 0.15) is 15.9 Å². The van der Waals surface area contributed by atoms with E-state index in [-0.39, 0.29) is 18.4 Å². The van der Waals surface area contributed by atoms with E-state index in [0.717, 1.165) is 10.0 Å². The number of hydrogen-bond donors (Lipinski definition) is 2. The van der Waals surface area contributed by atoms with Gasteiger partial charge in [-0.3, -0.25) is 9.59 Å². The SMILES string of the molecule is Cc1c(N)cc(Br)cc1C(=O)N1CCNC(=O)C1. The van der Waals surface area contributed by atoms with E-state index >= 15 is 0 Å². The summed E-state index contributed by atoms with van der Waals surface area (Å²) in [5.74, 6) is -0.287. The van der Waals surface area contributed by atoms with Gasteiger partial charge in [-0.1, -0.05) is 15.9 Å². The highest BCUT2D eigenvalue weighted by Gasteiger charge is 2.24. The van der Waals surface area contributed by atoms with Crippen molar-refractivity contribution in [3.63, 3.8) is 0 Å². The third-order valence-corrected chi connectivity index (χ3v) is 3.43. The molecular weight excluding hydrogens is 298 g/mol. The van der Waals surface area contributed by atoms with Gasteiger partial charge in [0, 0.05) is 28.8 Å². The van der Waals surface area contributed by atoms with Gasteiger partial charge in [0.25, 0.3) is 5.91 Å². The maximum Gasteiger partial charge on any atom is 0.254 e. The number of halogens is 1. The molecule has 1 aliphatic rings. The lowest BCUT2D eigenvalue weighted by atomic mass is 10.1. The first-order valence-electron chi connectivity index (χ1n) is 5.60. The van der Waals surface area contributed by atoms with Gasteiger partial charge in [-0.2, -0.15) is 0 Å². The smallest absolute Gasteiger partial charge is 0.254 e. The average Bonchev–Trinajstić information content (AvgIpc) is 2.33. The minimum atomic E-state index is -0.157. The van der Waals surface area contributed by atoms with Gasteiger partial charge in [0.2, 0.25) is 5.91 Å². The van der Waals surface area contributed by atoms with Crippen LogP contribution >= 0.6 is 15.9 Å². The van der Waals surface area contributed by atoms with Crippen molar-refractivity contribution in [2.45, 2.75) is 6.92 Å². The van der Waals surface area contributed by atoms with Crippen LogP contribution in [0.15, 0.2) is 16.6 Å². The molecule has 6 heteroatoms. The third-order valence-electron chi connectivity index (χ3n) is 2.97. The van der Waals surface area contributed by atoms with Gasteiger partial charge in [-0.05, 0) is 24.6 Å². The van der Waals surface area contributed by atoms with Gasteiger partial charge in [0.05, 0.1) is 6.54 Å². The molecule has 1 aliphatic heterocycles. The van der Waals surface area contributed by atoms with E-state index in [9.17, 15) is 9.59 Å². The Morgan fingerprint density at radius 3 is 2.89 bits per heavy atom. The molecule has 1 heterocycles. The summed E-state index contributed by atoms with van der Waals surface area (Å²) in [5, 5.41) is 2.69. The monoisotopic (exact) mass is 311 g/mol. The van der Waals surface area contributed by atoms with Gasteiger partial charge in [-0.25, -0.2) is 0 Å². The van der Waals surface area contributed by atoms with Crippen molar-refractivity contribution in [2.75, 3.05) is 25.4 Å². The highest BCUT2D eigenvalue weighted by molar-refractivity contribution is 9.10. The summed E-state index contributed by atoms with van der Waals surface area (Å²) >= 11 is 3.32. The summed E-state index contributed by atoms with van der Waals surface area (Å²) in [6, 6.07) is 3.50. The molecule has 1 fully saturated rings. The summed E-state index contributed by atoms with van der Waals surface area (Å²) in [6.45, 7) is 2.92. The Morgan fingerprint density at radius 1 is 1.50 bits per heavy atom. The van der Waals surface area contributed by atoms with E-state index in [1.807, 2.05) is 0 Å². The van der Waals surface area contributed by atoms with Crippen molar-refractivity contribution >= 4 is 33.4 Å². The molecule has 0 unspecified atom stereocenters. The second-order valence-electron chi connectivity index (χ2n) is 4.24. The quantitative estimate of drug-likeness (QED) is 0.757. The Morgan fingerprint density at radius 2 is 2.22 bits per heavy atom. The number of nitrogens with zero attached hydrogens (tertiary/aromatic N) is 1. The van der Waals surface area contributed by atoms with Crippen LogP contribution in [0, 0.1) is 6.92 Å². The van der Waals surface area contributed by atoms with E-state index in [1.54, 1.807) is 19.1 Å². The number of carbonyl (C=O) groups is 2. The van der Waals surface area contributed by atoms with Gasteiger partial charge >= 0.3 is 0 Å². The van der Waals surface area contributed by atoms with Crippen LogP contribution < -0.4 is 11.1 Å². The van der Waals surface area contributed by atoms with Crippen molar-refractivity contribution < 1.29 is 9.59 Å². The first-order valence-corrected chi connectivity index (χ1v) is 6.40. The number of carbonyl (C=O) groups excluding carboxylic acids is 2. The summed E-state index contributed by atoms with van der Waals surface area (Å²) in [4.78, 5) is 25.2. The van der Waals surface area contributed by atoms with Gasteiger partial charge in [0.15, 0.2) is 0 Å². The predicted octanol–water partition coefficient (Wildman–Crippen LogP) is 0.912. The molecule has 2 rings (SSSR count). The molecule has 0 aromatic heterocycles. The van der Waals surface area contributed by atoms with E-state index in [0.29, 0.717) is 24.3 Å². The average molecular weight is 312 g/mol. The van der Waals surface area contributed by atoms with Crippen LogP contribution in [0.2, 0.25) is 0 Å². The Balaban J connectivity index is 2.31.